The van der Waals surface area contributed by atoms with E-state index in [-0.39, 0.29) is 11.3 Å². The van der Waals surface area contributed by atoms with Crippen molar-refractivity contribution >= 4 is 17.8 Å². The molecular weight excluding hydrogens is 406 g/mol. The zero-order valence-electron chi connectivity index (χ0n) is 17.7. The maximum absolute atomic E-state index is 12.6. The molecule has 0 radical (unpaired) electrons. The monoisotopic (exact) mass is 429 g/mol. The molecule has 3 amide bonds. The molecular formula is C24H23N5O3. The molecule has 162 valence electrons. The first-order valence-electron chi connectivity index (χ1n) is 10.7. The fraction of sp³-hybridized carbons (Fsp3) is 0.292. The molecule has 1 N–H and O–H groups in total. The molecule has 1 aliphatic carbocycles. The van der Waals surface area contributed by atoms with E-state index >= 15 is 0 Å². The standard InChI is InChI=1S/C24H23N5O3/c1-16-3-4-17(14-26-16)20-13-18(7-11-25-20)32-19-5-6-21(27-15-19)28-23(31)29-12-10-24(22(29)30)8-2-9-24/h3-7,11,13-15H,2,8-10,12H2,1H3,(H,27,28,31). The molecule has 1 spiro atoms. The van der Waals surface area contributed by atoms with E-state index in [1.165, 1.54) is 11.1 Å². The number of ether oxygens (including phenoxy) is 1. The second-order valence-electron chi connectivity index (χ2n) is 8.32. The quantitative estimate of drug-likeness (QED) is 0.652. The highest BCUT2D eigenvalue weighted by atomic mass is 16.5. The molecule has 1 saturated heterocycles. The van der Waals surface area contributed by atoms with Crippen LogP contribution in [0.2, 0.25) is 0 Å². The first kappa shape index (κ1) is 20.1. The van der Waals surface area contributed by atoms with E-state index in [1.807, 2.05) is 25.1 Å². The normalized spacial score (nSPS) is 16.7. The van der Waals surface area contributed by atoms with Gasteiger partial charge < -0.3 is 4.74 Å². The highest BCUT2D eigenvalue weighted by molar-refractivity contribution is 6.04. The molecule has 1 saturated carbocycles. The molecule has 5 rings (SSSR count). The largest absolute Gasteiger partial charge is 0.456 e. The molecule has 0 atom stereocenters. The third-order valence-corrected chi connectivity index (χ3v) is 6.21. The predicted octanol–water partition coefficient (Wildman–Crippen LogP) is 4.57. The number of imide groups is 1. The SMILES string of the molecule is Cc1ccc(-c2cc(Oc3ccc(NC(=O)N4CCC5(CCC5)C4=O)nc3)ccn2)cn1. The minimum absolute atomic E-state index is 0.0570. The number of aromatic nitrogens is 3. The van der Waals surface area contributed by atoms with Gasteiger partial charge in [-0.3, -0.25) is 25.0 Å². The van der Waals surface area contributed by atoms with Gasteiger partial charge in [0, 0.05) is 36.3 Å². The Bertz CT molecular complexity index is 1160. The number of anilines is 1. The van der Waals surface area contributed by atoms with Crippen molar-refractivity contribution in [1.29, 1.82) is 0 Å². The van der Waals surface area contributed by atoms with Crippen LogP contribution in [0, 0.1) is 12.3 Å². The second kappa shape index (κ2) is 8.03. The van der Waals surface area contributed by atoms with Gasteiger partial charge in [-0.15, -0.1) is 0 Å². The third kappa shape index (κ3) is 3.79. The van der Waals surface area contributed by atoms with E-state index in [4.69, 9.17) is 4.74 Å². The summed E-state index contributed by atoms with van der Waals surface area (Å²) in [4.78, 5) is 39.3. The Morgan fingerprint density at radius 1 is 1.03 bits per heavy atom. The van der Waals surface area contributed by atoms with E-state index in [0.29, 0.717) is 23.9 Å². The van der Waals surface area contributed by atoms with Gasteiger partial charge >= 0.3 is 6.03 Å². The number of rotatable bonds is 4. The van der Waals surface area contributed by atoms with Crippen molar-refractivity contribution in [1.82, 2.24) is 19.9 Å². The average molecular weight is 429 g/mol. The molecule has 8 heteroatoms. The number of pyridine rings is 3. The van der Waals surface area contributed by atoms with Gasteiger partial charge in [-0.2, -0.15) is 0 Å². The summed E-state index contributed by atoms with van der Waals surface area (Å²) >= 11 is 0. The van der Waals surface area contributed by atoms with Gasteiger partial charge in [0.25, 0.3) is 0 Å². The van der Waals surface area contributed by atoms with Gasteiger partial charge in [0.1, 0.15) is 17.3 Å². The Balaban J connectivity index is 1.23. The van der Waals surface area contributed by atoms with Crippen molar-refractivity contribution in [3.63, 3.8) is 0 Å². The van der Waals surface area contributed by atoms with Crippen molar-refractivity contribution in [2.75, 3.05) is 11.9 Å². The maximum Gasteiger partial charge on any atom is 0.329 e. The molecule has 3 aromatic rings. The lowest BCUT2D eigenvalue weighted by atomic mass is 9.68. The summed E-state index contributed by atoms with van der Waals surface area (Å²) in [6.45, 7) is 2.40. The summed E-state index contributed by atoms with van der Waals surface area (Å²) in [7, 11) is 0. The number of amides is 3. The summed E-state index contributed by atoms with van der Waals surface area (Å²) in [5.41, 5.74) is 2.31. The van der Waals surface area contributed by atoms with Crippen LogP contribution in [0.1, 0.15) is 31.4 Å². The number of aryl methyl sites for hydroxylation is 1. The Morgan fingerprint density at radius 2 is 1.91 bits per heavy atom. The first-order valence-corrected chi connectivity index (χ1v) is 10.7. The van der Waals surface area contributed by atoms with Crippen LogP contribution >= 0.6 is 0 Å². The fourth-order valence-electron chi connectivity index (χ4n) is 4.16. The van der Waals surface area contributed by atoms with Crippen LogP contribution in [0.4, 0.5) is 10.6 Å². The molecule has 0 bridgehead atoms. The van der Waals surface area contributed by atoms with Crippen molar-refractivity contribution in [2.24, 2.45) is 5.41 Å². The smallest absolute Gasteiger partial charge is 0.329 e. The average Bonchev–Trinajstić information content (AvgIpc) is 3.13. The van der Waals surface area contributed by atoms with Crippen LogP contribution in [0.3, 0.4) is 0 Å². The first-order chi connectivity index (χ1) is 15.5. The van der Waals surface area contributed by atoms with Gasteiger partial charge in [0.15, 0.2) is 0 Å². The lowest BCUT2D eigenvalue weighted by Gasteiger charge is -2.35. The number of carbonyl (C=O) groups is 2. The third-order valence-electron chi connectivity index (χ3n) is 6.21. The highest BCUT2D eigenvalue weighted by Crippen LogP contribution is 2.49. The van der Waals surface area contributed by atoms with E-state index in [0.717, 1.165) is 42.6 Å². The van der Waals surface area contributed by atoms with Gasteiger partial charge in [0.2, 0.25) is 5.91 Å². The van der Waals surface area contributed by atoms with E-state index in [2.05, 4.69) is 20.3 Å². The summed E-state index contributed by atoms with van der Waals surface area (Å²) in [6.07, 6.45) is 8.57. The molecule has 2 aliphatic rings. The molecule has 1 aliphatic heterocycles. The Labute approximate surface area is 185 Å². The molecule has 2 fully saturated rings. The number of nitrogens with one attached hydrogen (secondary N) is 1. The molecule has 32 heavy (non-hydrogen) atoms. The Hall–Kier alpha value is -3.81. The van der Waals surface area contributed by atoms with Crippen LogP contribution < -0.4 is 10.1 Å². The Kier molecular flexibility index (Phi) is 5.05. The minimum Gasteiger partial charge on any atom is -0.456 e. The lowest BCUT2D eigenvalue weighted by Crippen LogP contribution is -2.43. The fourth-order valence-corrected chi connectivity index (χ4v) is 4.16. The number of hydrogen-bond acceptors (Lipinski definition) is 6. The van der Waals surface area contributed by atoms with Crippen LogP contribution in [-0.2, 0) is 4.79 Å². The number of likely N-dealkylation sites (tertiary alicyclic amines) is 1. The molecule has 8 nitrogen and oxygen atoms in total. The van der Waals surface area contributed by atoms with Crippen molar-refractivity contribution in [3.8, 4) is 22.8 Å². The predicted molar refractivity (Wildman–Crippen MR) is 118 cm³/mol. The van der Waals surface area contributed by atoms with Crippen LogP contribution in [0.15, 0.2) is 55.0 Å². The molecule has 0 aromatic carbocycles. The van der Waals surface area contributed by atoms with Crippen LogP contribution in [0.25, 0.3) is 11.3 Å². The van der Waals surface area contributed by atoms with E-state index in [9.17, 15) is 9.59 Å². The Morgan fingerprint density at radius 3 is 2.56 bits per heavy atom. The second-order valence-corrected chi connectivity index (χ2v) is 8.32. The van der Waals surface area contributed by atoms with Crippen molar-refractivity contribution in [3.05, 3.63) is 60.7 Å². The zero-order chi connectivity index (χ0) is 22.1. The van der Waals surface area contributed by atoms with E-state index < -0.39 is 6.03 Å². The highest BCUT2D eigenvalue weighted by Gasteiger charge is 2.52. The van der Waals surface area contributed by atoms with Gasteiger partial charge in [-0.1, -0.05) is 6.42 Å². The van der Waals surface area contributed by atoms with Crippen LogP contribution in [-0.4, -0.2) is 38.3 Å². The molecule has 0 unspecified atom stereocenters. The van der Waals surface area contributed by atoms with Gasteiger partial charge in [0.05, 0.1) is 17.3 Å². The number of hydrogen-bond donors (Lipinski definition) is 1. The number of urea groups is 1. The molecule has 4 heterocycles. The number of carbonyl (C=O) groups excluding carboxylic acids is 2. The van der Waals surface area contributed by atoms with Gasteiger partial charge in [-0.25, -0.2) is 9.78 Å². The van der Waals surface area contributed by atoms with Crippen LogP contribution in [0.5, 0.6) is 11.5 Å². The van der Waals surface area contributed by atoms with Crippen molar-refractivity contribution in [2.45, 2.75) is 32.6 Å². The minimum atomic E-state index is -0.426. The topological polar surface area (TPSA) is 97.3 Å². The maximum atomic E-state index is 12.6. The summed E-state index contributed by atoms with van der Waals surface area (Å²) < 4.78 is 5.89. The van der Waals surface area contributed by atoms with Crippen molar-refractivity contribution < 1.29 is 14.3 Å². The number of nitrogens with zero attached hydrogens (tertiary/aromatic N) is 4. The summed E-state index contributed by atoms with van der Waals surface area (Å²) in [5.74, 6) is 1.44. The summed E-state index contributed by atoms with van der Waals surface area (Å²) in [6, 6.07) is 10.4. The van der Waals surface area contributed by atoms with Gasteiger partial charge in [-0.05, 0) is 56.5 Å². The van der Waals surface area contributed by atoms with E-state index in [1.54, 1.807) is 30.6 Å². The lowest BCUT2D eigenvalue weighted by molar-refractivity contribution is -0.137. The molecule has 3 aromatic heterocycles. The summed E-state index contributed by atoms with van der Waals surface area (Å²) in [5, 5.41) is 2.71. The zero-order valence-corrected chi connectivity index (χ0v) is 17.7.